The van der Waals surface area contributed by atoms with Crippen molar-refractivity contribution in [2.24, 2.45) is 0 Å². The molecule has 1 amide bonds. The first kappa shape index (κ1) is 19.0. The van der Waals surface area contributed by atoms with Crippen molar-refractivity contribution in [3.8, 4) is 11.1 Å². The highest BCUT2D eigenvalue weighted by molar-refractivity contribution is 5.79. The lowest BCUT2D eigenvalue weighted by Gasteiger charge is -2.29. The van der Waals surface area contributed by atoms with E-state index in [9.17, 15) is 9.90 Å². The van der Waals surface area contributed by atoms with Crippen LogP contribution in [-0.2, 0) is 4.74 Å². The lowest BCUT2D eigenvalue weighted by Crippen LogP contribution is -2.37. The van der Waals surface area contributed by atoms with Crippen LogP contribution in [0.3, 0.4) is 0 Å². The first-order chi connectivity index (χ1) is 13.7. The summed E-state index contributed by atoms with van der Waals surface area (Å²) in [6.07, 6.45) is 2.09. The number of hydrogen-bond acceptors (Lipinski definition) is 4. The van der Waals surface area contributed by atoms with E-state index in [1.54, 1.807) is 0 Å². The first-order valence-electron chi connectivity index (χ1n) is 10.2. The van der Waals surface area contributed by atoms with Crippen molar-refractivity contribution in [3.63, 3.8) is 0 Å². The highest BCUT2D eigenvalue weighted by atomic mass is 16.5. The number of benzene rings is 2. The smallest absolute Gasteiger partial charge is 0.407 e. The Kier molecular flexibility index (Phi) is 5.93. The number of rotatable bonds is 6. The maximum Gasteiger partial charge on any atom is 0.407 e. The highest BCUT2D eigenvalue weighted by Crippen LogP contribution is 2.44. The van der Waals surface area contributed by atoms with Crippen LogP contribution >= 0.6 is 0 Å². The molecule has 0 radical (unpaired) electrons. The van der Waals surface area contributed by atoms with E-state index in [4.69, 9.17) is 4.74 Å². The third kappa shape index (κ3) is 4.21. The zero-order valence-electron chi connectivity index (χ0n) is 16.1. The average Bonchev–Trinajstić information content (AvgIpc) is 3.05. The topological polar surface area (TPSA) is 61.8 Å². The number of amides is 1. The van der Waals surface area contributed by atoms with E-state index in [0.29, 0.717) is 13.2 Å². The number of hydrogen-bond donors (Lipinski definition) is 2. The molecule has 1 heterocycles. The van der Waals surface area contributed by atoms with E-state index in [0.717, 1.165) is 38.9 Å². The quantitative estimate of drug-likeness (QED) is 0.755. The number of ether oxygens (including phenoxy) is 1. The summed E-state index contributed by atoms with van der Waals surface area (Å²) in [6.45, 7) is 3.77. The molecule has 1 fully saturated rings. The van der Waals surface area contributed by atoms with Crippen LogP contribution in [0.15, 0.2) is 48.5 Å². The van der Waals surface area contributed by atoms with Crippen LogP contribution < -0.4 is 5.32 Å². The van der Waals surface area contributed by atoms with Crippen LogP contribution in [0.5, 0.6) is 0 Å². The summed E-state index contributed by atoms with van der Waals surface area (Å²) in [4.78, 5) is 14.5. The van der Waals surface area contributed by atoms with Crippen molar-refractivity contribution in [2.75, 3.05) is 32.8 Å². The van der Waals surface area contributed by atoms with E-state index in [-0.39, 0.29) is 18.1 Å². The minimum atomic E-state index is -0.351. The summed E-state index contributed by atoms with van der Waals surface area (Å²) >= 11 is 0. The number of aliphatic hydroxyl groups is 1. The molecule has 0 atom stereocenters. The lowest BCUT2D eigenvalue weighted by molar-refractivity contribution is 0.0820. The molecule has 1 aliphatic carbocycles. The lowest BCUT2D eigenvalue weighted by atomic mass is 9.98. The minimum absolute atomic E-state index is 0.0953. The Labute approximate surface area is 166 Å². The first-order valence-corrected chi connectivity index (χ1v) is 10.2. The number of fused-ring (bicyclic) bond motifs is 3. The van der Waals surface area contributed by atoms with E-state index >= 15 is 0 Å². The van der Waals surface area contributed by atoms with Crippen molar-refractivity contribution < 1.29 is 14.6 Å². The maximum atomic E-state index is 12.1. The number of carbonyl (C=O) groups is 1. The Balaban J connectivity index is 1.24. The van der Waals surface area contributed by atoms with E-state index in [2.05, 4.69) is 46.6 Å². The number of nitrogens with one attached hydrogen (secondary N) is 1. The molecule has 5 heteroatoms. The van der Waals surface area contributed by atoms with Gasteiger partial charge in [0, 0.05) is 25.6 Å². The molecule has 28 heavy (non-hydrogen) atoms. The number of piperidine rings is 1. The van der Waals surface area contributed by atoms with Gasteiger partial charge >= 0.3 is 6.09 Å². The SMILES string of the molecule is O=C(NCCCN1CCC(O)CC1)OCC1c2ccccc2-c2ccccc21. The molecule has 0 unspecified atom stereocenters. The second-order valence-electron chi connectivity index (χ2n) is 7.68. The second-order valence-corrected chi connectivity index (χ2v) is 7.68. The van der Waals surface area contributed by atoms with Crippen molar-refractivity contribution in [1.29, 1.82) is 0 Å². The highest BCUT2D eigenvalue weighted by Gasteiger charge is 2.28. The molecule has 1 saturated heterocycles. The third-order valence-electron chi connectivity index (χ3n) is 5.82. The Morgan fingerprint density at radius 1 is 1.04 bits per heavy atom. The normalized spacial score (nSPS) is 17.2. The zero-order chi connectivity index (χ0) is 19.3. The van der Waals surface area contributed by atoms with Crippen LogP contribution in [-0.4, -0.2) is 55.0 Å². The summed E-state index contributed by atoms with van der Waals surface area (Å²) in [7, 11) is 0. The predicted octanol–water partition coefficient (Wildman–Crippen LogP) is 3.37. The van der Waals surface area contributed by atoms with Crippen LogP contribution in [0, 0.1) is 0 Å². The predicted molar refractivity (Wildman–Crippen MR) is 109 cm³/mol. The van der Waals surface area contributed by atoms with Crippen LogP contribution in [0.4, 0.5) is 4.79 Å². The van der Waals surface area contributed by atoms with Gasteiger partial charge < -0.3 is 20.1 Å². The fraction of sp³-hybridized carbons (Fsp3) is 0.435. The zero-order valence-corrected chi connectivity index (χ0v) is 16.1. The average molecular weight is 380 g/mol. The van der Waals surface area contributed by atoms with Crippen LogP contribution in [0.2, 0.25) is 0 Å². The van der Waals surface area contributed by atoms with Crippen LogP contribution in [0.25, 0.3) is 11.1 Å². The third-order valence-corrected chi connectivity index (χ3v) is 5.82. The number of aliphatic hydroxyl groups excluding tert-OH is 1. The summed E-state index contributed by atoms with van der Waals surface area (Å²) in [5.41, 5.74) is 4.92. The molecule has 2 aliphatic rings. The number of carbonyl (C=O) groups excluding carboxylic acids is 1. The Bertz CT molecular complexity index is 769. The van der Waals surface area contributed by atoms with Crippen molar-refractivity contribution in [2.45, 2.75) is 31.3 Å². The van der Waals surface area contributed by atoms with Gasteiger partial charge in [0.25, 0.3) is 0 Å². The van der Waals surface area contributed by atoms with Crippen molar-refractivity contribution in [3.05, 3.63) is 59.7 Å². The fourth-order valence-corrected chi connectivity index (χ4v) is 4.29. The van der Waals surface area contributed by atoms with E-state index in [1.807, 2.05) is 12.1 Å². The Hall–Kier alpha value is -2.37. The van der Waals surface area contributed by atoms with Gasteiger partial charge in [-0.25, -0.2) is 4.79 Å². The summed E-state index contributed by atoms with van der Waals surface area (Å²) < 4.78 is 5.55. The van der Waals surface area contributed by atoms with Crippen molar-refractivity contribution in [1.82, 2.24) is 10.2 Å². The summed E-state index contributed by atoms with van der Waals surface area (Å²) in [5.74, 6) is 0.0953. The van der Waals surface area contributed by atoms with E-state index < -0.39 is 0 Å². The molecule has 5 nitrogen and oxygen atoms in total. The van der Waals surface area contributed by atoms with Gasteiger partial charge in [-0.05, 0) is 48.1 Å². The molecule has 4 rings (SSSR count). The molecule has 0 saturated carbocycles. The largest absolute Gasteiger partial charge is 0.449 e. The fourth-order valence-electron chi connectivity index (χ4n) is 4.29. The van der Waals surface area contributed by atoms with Gasteiger partial charge in [-0.15, -0.1) is 0 Å². The maximum absolute atomic E-state index is 12.1. The van der Waals surface area contributed by atoms with Gasteiger partial charge in [-0.3, -0.25) is 0 Å². The molecule has 2 aromatic rings. The second kappa shape index (κ2) is 8.76. The monoisotopic (exact) mass is 380 g/mol. The molecule has 0 aromatic heterocycles. The Morgan fingerprint density at radius 3 is 2.29 bits per heavy atom. The number of nitrogens with zero attached hydrogens (tertiary/aromatic N) is 1. The van der Waals surface area contributed by atoms with E-state index in [1.165, 1.54) is 22.3 Å². The number of likely N-dealkylation sites (tertiary alicyclic amines) is 1. The molecular formula is C23H28N2O3. The minimum Gasteiger partial charge on any atom is -0.449 e. The van der Waals surface area contributed by atoms with Gasteiger partial charge in [0.1, 0.15) is 6.61 Å². The van der Waals surface area contributed by atoms with Gasteiger partial charge in [-0.1, -0.05) is 48.5 Å². The molecule has 2 aromatic carbocycles. The summed E-state index contributed by atoms with van der Waals surface area (Å²) in [5, 5.41) is 12.4. The molecule has 1 aliphatic heterocycles. The molecule has 2 N–H and O–H groups in total. The molecule has 0 bridgehead atoms. The van der Waals surface area contributed by atoms with Crippen LogP contribution in [0.1, 0.15) is 36.3 Å². The standard InChI is InChI=1S/C23H28N2O3/c26-17-10-14-25(15-11-17)13-5-12-24-23(27)28-16-22-20-8-3-1-6-18(20)19-7-2-4-9-21(19)22/h1-4,6-9,17,22,26H,5,10-16H2,(H,24,27). The van der Waals surface area contributed by atoms with Gasteiger partial charge in [0.05, 0.1) is 6.10 Å². The summed E-state index contributed by atoms with van der Waals surface area (Å²) in [6, 6.07) is 16.7. The Morgan fingerprint density at radius 2 is 1.64 bits per heavy atom. The van der Waals surface area contributed by atoms with Gasteiger partial charge in [0.2, 0.25) is 0 Å². The molecule has 148 valence electrons. The molecular weight excluding hydrogens is 352 g/mol. The van der Waals surface area contributed by atoms with Gasteiger partial charge in [-0.2, -0.15) is 0 Å². The van der Waals surface area contributed by atoms with Crippen molar-refractivity contribution >= 4 is 6.09 Å². The molecule has 0 spiro atoms. The number of alkyl carbamates (subject to hydrolysis) is 1. The van der Waals surface area contributed by atoms with Gasteiger partial charge in [0.15, 0.2) is 0 Å².